The van der Waals surface area contributed by atoms with Crippen LogP contribution in [0.2, 0.25) is 0 Å². The molecule has 0 aromatic carbocycles. The van der Waals surface area contributed by atoms with Crippen molar-refractivity contribution in [2.75, 3.05) is 19.1 Å². The molecule has 0 bridgehead atoms. The lowest BCUT2D eigenvalue weighted by Gasteiger charge is -2.26. The summed E-state index contributed by atoms with van der Waals surface area (Å²) in [7, 11) is 0. The van der Waals surface area contributed by atoms with Gasteiger partial charge in [0.1, 0.15) is 0 Å². The molecule has 72 valence electrons. The predicted octanol–water partition coefficient (Wildman–Crippen LogP) is 2.55. The molecular formula is C9H17ClO2. The van der Waals surface area contributed by atoms with Gasteiger partial charge in [-0.1, -0.05) is 13.3 Å². The molecule has 1 heterocycles. The quantitative estimate of drug-likeness (QED) is 0.624. The van der Waals surface area contributed by atoms with Gasteiger partial charge in [-0.05, 0) is 6.42 Å². The number of rotatable bonds is 5. The highest BCUT2D eigenvalue weighted by Crippen LogP contribution is 2.29. The Morgan fingerprint density at radius 1 is 1.25 bits per heavy atom. The first kappa shape index (κ1) is 10.3. The highest BCUT2D eigenvalue weighted by Gasteiger charge is 2.34. The lowest BCUT2D eigenvalue weighted by atomic mass is 10.1. The first-order valence-corrected chi connectivity index (χ1v) is 5.20. The van der Waals surface area contributed by atoms with Gasteiger partial charge in [-0.3, -0.25) is 0 Å². The molecule has 12 heavy (non-hydrogen) atoms. The highest BCUT2D eigenvalue weighted by molar-refractivity contribution is 6.17. The third-order valence-corrected chi connectivity index (χ3v) is 2.39. The van der Waals surface area contributed by atoms with E-state index in [2.05, 4.69) is 6.92 Å². The number of hydrogen-bond donors (Lipinski definition) is 0. The zero-order valence-electron chi connectivity index (χ0n) is 7.64. The second-order valence-electron chi connectivity index (χ2n) is 3.15. The topological polar surface area (TPSA) is 18.5 Å². The zero-order chi connectivity index (χ0) is 8.86. The van der Waals surface area contributed by atoms with Crippen molar-refractivity contribution < 1.29 is 9.47 Å². The highest BCUT2D eigenvalue weighted by atomic mass is 35.5. The number of halogens is 1. The lowest BCUT2D eigenvalue weighted by molar-refractivity contribution is -0.163. The third kappa shape index (κ3) is 2.61. The Labute approximate surface area is 79.2 Å². The van der Waals surface area contributed by atoms with Gasteiger partial charge in [0.25, 0.3) is 0 Å². The van der Waals surface area contributed by atoms with Gasteiger partial charge in [0.15, 0.2) is 5.79 Å². The van der Waals surface area contributed by atoms with Crippen LogP contribution in [0.4, 0.5) is 0 Å². The first-order valence-electron chi connectivity index (χ1n) is 4.67. The van der Waals surface area contributed by atoms with Crippen molar-refractivity contribution in [3.63, 3.8) is 0 Å². The van der Waals surface area contributed by atoms with E-state index in [1.54, 1.807) is 0 Å². The molecule has 0 unspecified atom stereocenters. The Hall–Kier alpha value is 0.210. The molecule has 1 saturated heterocycles. The summed E-state index contributed by atoms with van der Waals surface area (Å²) in [5.74, 6) is 0.279. The Balaban J connectivity index is 2.35. The molecular weight excluding hydrogens is 176 g/mol. The van der Waals surface area contributed by atoms with Crippen LogP contribution in [0.3, 0.4) is 0 Å². The van der Waals surface area contributed by atoms with Crippen LogP contribution in [0, 0.1) is 0 Å². The minimum atomic E-state index is -0.336. The molecule has 0 radical (unpaired) electrons. The minimum absolute atomic E-state index is 0.336. The number of unbranched alkanes of at least 4 members (excludes halogenated alkanes) is 1. The van der Waals surface area contributed by atoms with Gasteiger partial charge < -0.3 is 9.47 Å². The molecule has 1 rings (SSSR count). The van der Waals surface area contributed by atoms with Crippen molar-refractivity contribution in [1.29, 1.82) is 0 Å². The summed E-state index contributed by atoms with van der Waals surface area (Å²) in [6, 6.07) is 0. The second-order valence-corrected chi connectivity index (χ2v) is 3.53. The van der Waals surface area contributed by atoms with Crippen LogP contribution in [0.15, 0.2) is 0 Å². The maximum atomic E-state index is 5.69. The number of hydrogen-bond acceptors (Lipinski definition) is 2. The maximum Gasteiger partial charge on any atom is 0.169 e. The fourth-order valence-corrected chi connectivity index (χ4v) is 1.79. The van der Waals surface area contributed by atoms with E-state index < -0.39 is 0 Å². The summed E-state index contributed by atoms with van der Waals surface area (Å²) in [5.41, 5.74) is 0. The van der Waals surface area contributed by atoms with Crippen molar-refractivity contribution >= 4 is 11.6 Å². The van der Waals surface area contributed by atoms with Crippen molar-refractivity contribution in [2.45, 2.75) is 38.4 Å². The van der Waals surface area contributed by atoms with Crippen LogP contribution in [-0.4, -0.2) is 24.9 Å². The first-order chi connectivity index (χ1) is 5.83. The molecule has 0 N–H and O–H groups in total. The molecule has 2 nitrogen and oxygen atoms in total. The average Bonchev–Trinajstić information content (AvgIpc) is 2.51. The lowest BCUT2D eigenvalue weighted by Crippen LogP contribution is -2.30. The summed E-state index contributed by atoms with van der Waals surface area (Å²) >= 11 is 5.69. The largest absolute Gasteiger partial charge is 0.347 e. The van der Waals surface area contributed by atoms with Crippen molar-refractivity contribution in [1.82, 2.24) is 0 Å². The van der Waals surface area contributed by atoms with E-state index in [0.29, 0.717) is 5.88 Å². The van der Waals surface area contributed by atoms with Gasteiger partial charge in [0.2, 0.25) is 0 Å². The maximum absolute atomic E-state index is 5.69. The average molecular weight is 193 g/mol. The van der Waals surface area contributed by atoms with Gasteiger partial charge in [-0.15, -0.1) is 11.6 Å². The molecule has 0 spiro atoms. The van der Waals surface area contributed by atoms with Crippen LogP contribution in [0.1, 0.15) is 32.6 Å². The zero-order valence-corrected chi connectivity index (χ0v) is 8.40. The summed E-state index contributed by atoms with van der Waals surface area (Å²) in [6.07, 6.45) is 4.12. The van der Waals surface area contributed by atoms with E-state index in [1.165, 1.54) is 6.42 Å². The molecule has 0 atom stereocenters. The number of ether oxygens (including phenoxy) is 2. The van der Waals surface area contributed by atoms with E-state index in [4.69, 9.17) is 21.1 Å². The third-order valence-electron chi connectivity index (χ3n) is 2.20. The van der Waals surface area contributed by atoms with Gasteiger partial charge in [0.05, 0.1) is 13.2 Å². The van der Waals surface area contributed by atoms with Crippen molar-refractivity contribution in [3.05, 3.63) is 0 Å². The fourth-order valence-electron chi connectivity index (χ4n) is 1.50. The molecule has 0 amide bonds. The van der Waals surface area contributed by atoms with E-state index in [-0.39, 0.29) is 5.79 Å². The molecule has 3 heteroatoms. The summed E-state index contributed by atoms with van der Waals surface area (Å²) in [4.78, 5) is 0. The predicted molar refractivity (Wildman–Crippen MR) is 49.5 cm³/mol. The van der Waals surface area contributed by atoms with Gasteiger partial charge >= 0.3 is 0 Å². The van der Waals surface area contributed by atoms with Crippen molar-refractivity contribution in [3.8, 4) is 0 Å². The van der Waals surface area contributed by atoms with Crippen LogP contribution >= 0.6 is 11.6 Å². The van der Waals surface area contributed by atoms with Gasteiger partial charge in [-0.2, -0.15) is 0 Å². The summed E-state index contributed by atoms with van der Waals surface area (Å²) in [5, 5.41) is 0. The normalized spacial score (nSPS) is 21.5. The van der Waals surface area contributed by atoms with Gasteiger partial charge in [0, 0.05) is 18.7 Å². The van der Waals surface area contributed by atoms with Crippen molar-refractivity contribution in [2.24, 2.45) is 0 Å². The second kappa shape index (κ2) is 5.05. The van der Waals surface area contributed by atoms with E-state index >= 15 is 0 Å². The van der Waals surface area contributed by atoms with Crippen LogP contribution in [0.5, 0.6) is 0 Å². The summed E-state index contributed by atoms with van der Waals surface area (Å²) < 4.78 is 11.2. The monoisotopic (exact) mass is 192 g/mol. The number of alkyl halides is 1. The van der Waals surface area contributed by atoms with E-state index in [9.17, 15) is 0 Å². The minimum Gasteiger partial charge on any atom is -0.347 e. The molecule has 1 aliphatic heterocycles. The molecule has 0 aromatic rings. The Morgan fingerprint density at radius 2 is 1.92 bits per heavy atom. The molecule has 1 aliphatic rings. The molecule has 0 saturated carbocycles. The van der Waals surface area contributed by atoms with Crippen LogP contribution < -0.4 is 0 Å². The molecule has 1 fully saturated rings. The Bertz CT molecular complexity index is 122. The SMILES string of the molecule is CCCCC1(CCCl)OCCO1. The van der Waals surface area contributed by atoms with Crippen LogP contribution in [-0.2, 0) is 9.47 Å². The van der Waals surface area contributed by atoms with Crippen LogP contribution in [0.25, 0.3) is 0 Å². The van der Waals surface area contributed by atoms with E-state index in [1.807, 2.05) is 0 Å². The van der Waals surface area contributed by atoms with E-state index in [0.717, 1.165) is 32.5 Å². The van der Waals surface area contributed by atoms with Gasteiger partial charge in [-0.25, -0.2) is 0 Å². The standard InChI is InChI=1S/C9H17ClO2/c1-2-3-4-9(5-6-10)11-7-8-12-9/h2-8H2,1H3. The molecule has 0 aromatic heterocycles. The Morgan fingerprint density at radius 3 is 2.42 bits per heavy atom. The smallest absolute Gasteiger partial charge is 0.169 e. The molecule has 0 aliphatic carbocycles. The fraction of sp³-hybridized carbons (Fsp3) is 1.00. The summed E-state index contributed by atoms with van der Waals surface area (Å²) in [6.45, 7) is 3.62. The Kier molecular flexibility index (Phi) is 4.33.